The van der Waals surface area contributed by atoms with E-state index in [1.54, 1.807) is 36.4 Å². The van der Waals surface area contributed by atoms with Crippen LogP contribution in [0.4, 0.5) is 0 Å². The Bertz CT molecular complexity index is 1830. The van der Waals surface area contributed by atoms with Crippen molar-refractivity contribution >= 4 is 73.0 Å². The number of fused-ring (bicyclic) bond motifs is 3. The number of benzene rings is 6. The van der Waals surface area contributed by atoms with Gasteiger partial charge in [-0.15, -0.1) is 0 Å². The molecule has 0 fully saturated rings. The van der Waals surface area contributed by atoms with Gasteiger partial charge in [0.1, 0.15) is 0 Å². The SMILES string of the molecule is Cc1ccc2c(C(=O)[O][In]([O]C(=O)c3cccc4cc(C)ccc34)[O]C(=O)c3cccc4cc(C)ccc34)cccc2c1. The zero-order valence-electron chi connectivity index (χ0n) is 23.9. The van der Waals surface area contributed by atoms with Gasteiger partial charge in [0.15, 0.2) is 0 Å². The maximum absolute atomic E-state index is 13.5. The Balaban J connectivity index is 1.34. The summed E-state index contributed by atoms with van der Waals surface area (Å²) in [7, 11) is 0. The van der Waals surface area contributed by atoms with Crippen LogP contribution in [0.3, 0.4) is 0 Å². The van der Waals surface area contributed by atoms with Gasteiger partial charge in [0.2, 0.25) is 0 Å². The molecule has 6 rings (SSSR count). The van der Waals surface area contributed by atoms with Crippen LogP contribution in [0.2, 0.25) is 0 Å². The molecule has 0 aliphatic rings. The van der Waals surface area contributed by atoms with Gasteiger partial charge < -0.3 is 0 Å². The first-order chi connectivity index (χ1) is 20.8. The van der Waals surface area contributed by atoms with E-state index in [2.05, 4.69) is 0 Å². The van der Waals surface area contributed by atoms with E-state index in [0.29, 0.717) is 32.8 Å². The van der Waals surface area contributed by atoms with Crippen molar-refractivity contribution in [3.05, 3.63) is 143 Å². The molecule has 0 aromatic heterocycles. The molecule has 0 heterocycles. The van der Waals surface area contributed by atoms with Gasteiger partial charge in [-0.2, -0.15) is 0 Å². The molecular weight excluding hydrogens is 643 g/mol. The number of aryl methyl sites for hydroxylation is 3. The third-order valence-corrected chi connectivity index (χ3v) is 10.9. The summed E-state index contributed by atoms with van der Waals surface area (Å²) in [6.07, 6.45) is 0. The second-order valence-electron chi connectivity index (χ2n) is 10.6. The van der Waals surface area contributed by atoms with E-state index in [0.717, 1.165) is 32.8 Å². The molecule has 0 N–H and O–H groups in total. The van der Waals surface area contributed by atoms with Crippen molar-refractivity contribution < 1.29 is 22.9 Å². The van der Waals surface area contributed by atoms with Gasteiger partial charge in [-0.25, -0.2) is 0 Å². The predicted molar refractivity (Wildman–Crippen MR) is 168 cm³/mol. The van der Waals surface area contributed by atoms with E-state index in [1.165, 1.54) is 0 Å². The van der Waals surface area contributed by atoms with E-state index >= 15 is 0 Å². The monoisotopic (exact) mass is 670 g/mol. The van der Waals surface area contributed by atoms with Gasteiger partial charge in [0.25, 0.3) is 0 Å². The summed E-state index contributed by atoms with van der Waals surface area (Å²) in [4.78, 5) is 40.6. The summed E-state index contributed by atoms with van der Waals surface area (Å²) in [5.74, 6) is -2.13. The van der Waals surface area contributed by atoms with E-state index in [1.807, 2.05) is 93.6 Å². The Morgan fingerprint density at radius 1 is 0.442 bits per heavy atom. The Labute approximate surface area is 258 Å². The van der Waals surface area contributed by atoms with Crippen molar-refractivity contribution in [2.45, 2.75) is 20.8 Å². The van der Waals surface area contributed by atoms with Crippen molar-refractivity contribution in [2.24, 2.45) is 0 Å². The number of carbonyl (C=O) groups is 3. The minimum absolute atomic E-state index is 0.299. The first kappa shape index (κ1) is 28.5. The van der Waals surface area contributed by atoms with Crippen molar-refractivity contribution in [3.63, 3.8) is 0 Å². The molecule has 0 bridgehead atoms. The molecule has 0 aliphatic carbocycles. The van der Waals surface area contributed by atoms with Crippen LogP contribution < -0.4 is 0 Å². The normalized spacial score (nSPS) is 11.0. The number of hydrogen-bond acceptors (Lipinski definition) is 6. The molecule has 43 heavy (non-hydrogen) atoms. The van der Waals surface area contributed by atoms with Gasteiger partial charge in [-0.3, -0.25) is 0 Å². The standard InChI is InChI=1S/3C12H10O2.In/c3*1-8-5-6-10-9(7-8)3-2-4-11(10)12(13)14;/h3*2-7H,1H3,(H,13,14);/q;;;+3/p-3. The Kier molecular flexibility index (Phi) is 7.91. The van der Waals surface area contributed by atoms with Crippen molar-refractivity contribution in [1.82, 2.24) is 0 Å². The van der Waals surface area contributed by atoms with Crippen LogP contribution in [0.15, 0.2) is 109 Å². The van der Waals surface area contributed by atoms with Gasteiger partial charge in [-0.1, -0.05) is 0 Å². The van der Waals surface area contributed by atoms with Crippen LogP contribution in [0, 0.1) is 20.8 Å². The van der Waals surface area contributed by atoms with Gasteiger partial charge in [0.05, 0.1) is 0 Å². The Morgan fingerprint density at radius 2 is 0.744 bits per heavy atom. The molecule has 0 aliphatic heterocycles. The average Bonchev–Trinajstić information content (AvgIpc) is 2.99. The van der Waals surface area contributed by atoms with Crippen LogP contribution in [0.25, 0.3) is 32.3 Å². The molecule has 7 heteroatoms. The molecule has 0 amide bonds. The van der Waals surface area contributed by atoms with E-state index in [4.69, 9.17) is 8.56 Å². The molecule has 0 spiro atoms. The van der Waals surface area contributed by atoms with Crippen molar-refractivity contribution in [3.8, 4) is 0 Å². The summed E-state index contributed by atoms with van der Waals surface area (Å²) in [5, 5.41) is 4.67. The topological polar surface area (TPSA) is 78.9 Å². The Morgan fingerprint density at radius 3 is 1.05 bits per heavy atom. The fourth-order valence-electron chi connectivity index (χ4n) is 5.27. The molecule has 0 radical (unpaired) electrons. The zero-order chi connectivity index (χ0) is 30.1. The van der Waals surface area contributed by atoms with Crippen LogP contribution in [-0.4, -0.2) is 40.7 Å². The molecule has 6 aromatic rings. The van der Waals surface area contributed by atoms with E-state index in [-0.39, 0.29) is 0 Å². The van der Waals surface area contributed by atoms with E-state index in [9.17, 15) is 14.4 Å². The maximum atomic E-state index is 13.5. The Hall–Kier alpha value is -4.62. The van der Waals surface area contributed by atoms with Crippen LogP contribution in [0.1, 0.15) is 47.8 Å². The number of hydrogen-bond donors (Lipinski definition) is 0. The number of carbonyl (C=O) groups excluding carboxylic acids is 3. The fraction of sp³-hybridized carbons (Fsp3) is 0.0833. The summed E-state index contributed by atoms with van der Waals surface area (Å²) in [5.41, 5.74) is 4.04. The summed E-state index contributed by atoms with van der Waals surface area (Å²) in [6.45, 7) is 5.91. The van der Waals surface area contributed by atoms with Gasteiger partial charge in [-0.05, 0) is 0 Å². The van der Waals surface area contributed by atoms with Crippen LogP contribution >= 0.6 is 0 Å². The van der Waals surface area contributed by atoms with Crippen LogP contribution in [0.5, 0.6) is 0 Å². The second-order valence-corrected chi connectivity index (χ2v) is 14.3. The molecule has 210 valence electrons. The van der Waals surface area contributed by atoms with Gasteiger partial charge >= 0.3 is 259 Å². The first-order valence-corrected chi connectivity index (χ1v) is 17.9. The molecule has 6 nitrogen and oxygen atoms in total. The predicted octanol–water partition coefficient (Wildman–Crippen LogP) is 7.93. The third kappa shape index (κ3) is 5.99. The fourth-order valence-corrected chi connectivity index (χ4v) is 8.26. The summed E-state index contributed by atoms with van der Waals surface area (Å²) >= 11 is -4.65. The second kappa shape index (κ2) is 11.9. The molecular formula is C36H27InO6. The minimum atomic E-state index is -4.65. The molecule has 0 saturated heterocycles. The third-order valence-electron chi connectivity index (χ3n) is 7.38. The molecule has 0 saturated carbocycles. The molecule has 0 unspecified atom stereocenters. The number of rotatable bonds is 6. The van der Waals surface area contributed by atoms with Crippen molar-refractivity contribution in [2.75, 3.05) is 0 Å². The zero-order valence-corrected chi connectivity index (χ0v) is 27.2. The average molecular weight is 670 g/mol. The molecule has 6 aromatic carbocycles. The molecule has 0 atom stereocenters. The quantitative estimate of drug-likeness (QED) is 0.179. The first-order valence-electron chi connectivity index (χ1n) is 13.9. The van der Waals surface area contributed by atoms with E-state index < -0.39 is 40.7 Å². The van der Waals surface area contributed by atoms with Crippen molar-refractivity contribution in [1.29, 1.82) is 0 Å². The van der Waals surface area contributed by atoms with Crippen LogP contribution in [-0.2, 0) is 8.56 Å². The van der Waals surface area contributed by atoms with Gasteiger partial charge in [0, 0.05) is 0 Å². The summed E-state index contributed by atoms with van der Waals surface area (Å²) < 4.78 is 17.4. The summed E-state index contributed by atoms with van der Waals surface area (Å²) in [6, 6.07) is 33.1.